The molecule has 1 heterocycles. The molecule has 0 unspecified atom stereocenters. The highest BCUT2D eigenvalue weighted by Crippen LogP contribution is 2.35. The van der Waals surface area contributed by atoms with E-state index in [4.69, 9.17) is 5.73 Å². The fourth-order valence-electron chi connectivity index (χ4n) is 1.60. The Bertz CT molecular complexity index is 534. The number of benzene rings is 1. The van der Waals surface area contributed by atoms with E-state index in [2.05, 4.69) is 15.9 Å². The smallest absolute Gasteiger partial charge is 0.203 e. The van der Waals surface area contributed by atoms with Crippen LogP contribution in [0.5, 0.6) is 0 Å². The van der Waals surface area contributed by atoms with E-state index in [-0.39, 0.29) is 0 Å². The van der Waals surface area contributed by atoms with Crippen LogP contribution in [-0.4, -0.2) is 15.0 Å². The summed E-state index contributed by atoms with van der Waals surface area (Å²) in [6.07, 6.45) is 2.10. The summed E-state index contributed by atoms with van der Waals surface area (Å²) in [4.78, 5) is 0.790. The molecule has 0 amide bonds. The lowest BCUT2D eigenvalue weighted by Gasteiger charge is -2.02. The van der Waals surface area contributed by atoms with Crippen molar-refractivity contribution in [2.45, 2.75) is 11.3 Å². The van der Waals surface area contributed by atoms with Gasteiger partial charge in [0.25, 0.3) is 0 Å². The van der Waals surface area contributed by atoms with Gasteiger partial charge in [-0.2, -0.15) is 0 Å². The lowest BCUT2D eigenvalue weighted by molar-refractivity contribution is 0.601. The fourth-order valence-corrected chi connectivity index (χ4v) is 3.78. The molecule has 5 heteroatoms. The Balaban J connectivity index is 2.58. The minimum absolute atomic E-state index is 0.347. The lowest BCUT2D eigenvalue weighted by Crippen LogP contribution is -2.06. The van der Waals surface area contributed by atoms with E-state index in [1.165, 1.54) is 0 Å². The van der Waals surface area contributed by atoms with Gasteiger partial charge in [-0.15, -0.1) is 0 Å². The highest BCUT2D eigenvalue weighted by Gasteiger charge is 2.28. The van der Waals surface area contributed by atoms with Crippen LogP contribution >= 0.6 is 15.9 Å². The quantitative estimate of drug-likeness (QED) is 0.904. The second-order valence-electron chi connectivity index (χ2n) is 3.33. The number of nitrogens with two attached hydrogens (primary N) is 1. The van der Waals surface area contributed by atoms with E-state index >= 15 is 0 Å². The number of hydrogen-bond donors (Lipinski definition) is 1. The molecule has 0 bridgehead atoms. The Labute approximate surface area is 97.0 Å². The third-order valence-electron chi connectivity index (χ3n) is 2.32. The summed E-state index contributed by atoms with van der Waals surface area (Å²) in [6, 6.07) is 5.25. The average molecular weight is 288 g/mol. The lowest BCUT2D eigenvalue weighted by atomic mass is 10.2. The van der Waals surface area contributed by atoms with Gasteiger partial charge in [-0.1, -0.05) is 22.0 Å². The number of hydrogen-bond acceptors (Lipinski definition) is 3. The maximum Gasteiger partial charge on any atom is 0.203 e. The molecule has 0 aromatic heterocycles. The van der Waals surface area contributed by atoms with Gasteiger partial charge < -0.3 is 5.73 Å². The molecular formula is C10H10BrNO2S. The maximum atomic E-state index is 12.0. The summed E-state index contributed by atoms with van der Waals surface area (Å²) in [5.74, 6) is 0. The van der Waals surface area contributed by atoms with Gasteiger partial charge in [-0.25, -0.2) is 8.42 Å². The van der Waals surface area contributed by atoms with Gasteiger partial charge in [-0.05, 0) is 36.7 Å². The predicted octanol–water partition coefficient (Wildman–Crippen LogP) is 1.93. The molecule has 2 N–H and O–H groups in total. The Morgan fingerprint density at radius 1 is 1.33 bits per heavy atom. The molecule has 0 atom stereocenters. The van der Waals surface area contributed by atoms with Crippen molar-refractivity contribution in [1.82, 2.24) is 0 Å². The maximum absolute atomic E-state index is 12.0. The zero-order valence-electron chi connectivity index (χ0n) is 7.90. The second-order valence-corrected chi connectivity index (χ2v) is 6.22. The van der Waals surface area contributed by atoms with Crippen molar-refractivity contribution in [3.8, 4) is 0 Å². The summed E-state index contributed by atoms with van der Waals surface area (Å²) in [5, 5.41) is 0. The summed E-state index contributed by atoms with van der Waals surface area (Å²) in [7, 11) is -3.28. The van der Waals surface area contributed by atoms with Gasteiger partial charge in [0.2, 0.25) is 9.84 Å². The summed E-state index contributed by atoms with van der Waals surface area (Å²) in [6.45, 7) is 0.347. The summed E-state index contributed by atoms with van der Waals surface area (Å²) in [5.41, 5.74) is 6.13. The van der Waals surface area contributed by atoms with Crippen LogP contribution in [0.3, 0.4) is 0 Å². The van der Waals surface area contributed by atoms with Crippen molar-refractivity contribution in [1.29, 1.82) is 0 Å². The Kier molecular flexibility index (Phi) is 2.70. The summed E-state index contributed by atoms with van der Waals surface area (Å²) >= 11 is 3.26. The van der Waals surface area contributed by atoms with E-state index in [0.717, 1.165) is 10.0 Å². The molecule has 1 aromatic rings. The zero-order chi connectivity index (χ0) is 11.1. The molecule has 15 heavy (non-hydrogen) atoms. The molecule has 0 fully saturated rings. The highest BCUT2D eigenvalue weighted by atomic mass is 79.9. The predicted molar refractivity (Wildman–Crippen MR) is 63.0 cm³/mol. The average Bonchev–Trinajstić information content (AvgIpc) is 2.41. The van der Waals surface area contributed by atoms with Crippen LogP contribution in [0.25, 0.3) is 6.08 Å². The second kappa shape index (κ2) is 3.73. The first-order chi connectivity index (χ1) is 7.05. The molecule has 0 saturated carbocycles. The van der Waals surface area contributed by atoms with Crippen molar-refractivity contribution >= 4 is 31.8 Å². The minimum atomic E-state index is -3.28. The van der Waals surface area contributed by atoms with Crippen molar-refractivity contribution in [2.75, 3.05) is 6.54 Å². The van der Waals surface area contributed by atoms with Crippen molar-refractivity contribution in [2.24, 2.45) is 5.73 Å². The van der Waals surface area contributed by atoms with Crippen LogP contribution in [0.15, 0.2) is 32.5 Å². The standard InChI is InChI=1S/C10H10BrNO2S/c11-8-2-1-7-5-9(3-4-12)15(13,14)10(7)6-8/h1-2,5-6H,3-4,12H2. The first-order valence-corrected chi connectivity index (χ1v) is 6.78. The third-order valence-corrected chi connectivity index (χ3v) is 4.76. The van der Waals surface area contributed by atoms with Gasteiger partial charge in [0.15, 0.2) is 0 Å². The molecule has 3 nitrogen and oxygen atoms in total. The molecule has 0 spiro atoms. The third kappa shape index (κ3) is 1.75. The highest BCUT2D eigenvalue weighted by molar-refractivity contribution is 9.10. The Hall–Kier alpha value is -0.650. The first kappa shape index (κ1) is 10.9. The topological polar surface area (TPSA) is 60.2 Å². The summed E-state index contributed by atoms with van der Waals surface area (Å²) < 4.78 is 24.7. The van der Waals surface area contributed by atoms with Gasteiger partial charge >= 0.3 is 0 Å². The van der Waals surface area contributed by atoms with Crippen LogP contribution in [0, 0.1) is 0 Å². The van der Waals surface area contributed by atoms with E-state index in [0.29, 0.717) is 22.8 Å². The van der Waals surface area contributed by atoms with Gasteiger partial charge in [0.05, 0.1) is 9.80 Å². The van der Waals surface area contributed by atoms with Crippen molar-refractivity contribution < 1.29 is 8.42 Å². The molecule has 2 rings (SSSR count). The molecule has 80 valence electrons. The van der Waals surface area contributed by atoms with Gasteiger partial charge in [0.1, 0.15) is 0 Å². The van der Waals surface area contributed by atoms with Gasteiger partial charge in [0, 0.05) is 4.47 Å². The molecular weight excluding hydrogens is 278 g/mol. The van der Waals surface area contributed by atoms with Crippen molar-refractivity contribution in [3.63, 3.8) is 0 Å². The Morgan fingerprint density at radius 2 is 2.07 bits per heavy atom. The molecule has 1 aliphatic heterocycles. The Morgan fingerprint density at radius 3 is 2.73 bits per heavy atom. The molecule has 0 radical (unpaired) electrons. The van der Waals surface area contributed by atoms with E-state index in [1.807, 2.05) is 6.07 Å². The van der Waals surface area contributed by atoms with Gasteiger partial charge in [-0.3, -0.25) is 0 Å². The van der Waals surface area contributed by atoms with Crippen molar-refractivity contribution in [3.05, 3.63) is 33.1 Å². The van der Waals surface area contributed by atoms with Crippen LogP contribution in [0.4, 0.5) is 0 Å². The number of rotatable bonds is 2. The van der Waals surface area contributed by atoms with E-state index in [9.17, 15) is 8.42 Å². The SMILES string of the molecule is NCCC1=Cc2ccc(Br)cc2S1(=O)=O. The molecule has 1 aromatic carbocycles. The number of sulfone groups is 1. The van der Waals surface area contributed by atoms with E-state index < -0.39 is 9.84 Å². The zero-order valence-corrected chi connectivity index (χ0v) is 10.3. The molecule has 0 aliphatic carbocycles. The number of halogens is 1. The number of fused-ring (bicyclic) bond motifs is 1. The molecule has 0 saturated heterocycles. The van der Waals surface area contributed by atoms with E-state index in [1.54, 1.807) is 18.2 Å². The van der Waals surface area contributed by atoms with Crippen LogP contribution in [0.1, 0.15) is 12.0 Å². The largest absolute Gasteiger partial charge is 0.330 e. The monoisotopic (exact) mass is 287 g/mol. The fraction of sp³-hybridized carbons (Fsp3) is 0.200. The first-order valence-electron chi connectivity index (χ1n) is 4.51. The van der Waals surface area contributed by atoms with Crippen LogP contribution in [-0.2, 0) is 9.84 Å². The van der Waals surface area contributed by atoms with Crippen LogP contribution < -0.4 is 5.73 Å². The molecule has 1 aliphatic rings. The van der Waals surface area contributed by atoms with Crippen LogP contribution in [0.2, 0.25) is 0 Å². The normalized spacial score (nSPS) is 17.3. The minimum Gasteiger partial charge on any atom is -0.330 e.